The van der Waals surface area contributed by atoms with E-state index in [0.29, 0.717) is 44.0 Å². The quantitative estimate of drug-likeness (QED) is 0.179. The van der Waals surface area contributed by atoms with E-state index < -0.39 is 41.6 Å². The Morgan fingerprint density at radius 3 is 2.36 bits per heavy atom. The molecule has 1 aromatic rings. The predicted octanol–water partition coefficient (Wildman–Crippen LogP) is 0.394. The second-order valence-electron chi connectivity index (χ2n) is 11.3. The number of benzene rings is 1. The van der Waals surface area contributed by atoms with Gasteiger partial charge in [-0.1, -0.05) is 23.8 Å². The highest BCUT2D eigenvalue weighted by molar-refractivity contribution is 5.98. The molecule has 0 radical (unpaired) electrons. The number of hydrogen-bond donors (Lipinski definition) is 4. The first-order chi connectivity index (χ1) is 20.1. The number of nitrogens with zero attached hydrogens (tertiary/aromatic N) is 1. The number of carbonyl (C=O) groups excluding carboxylic acids is 4. The average molecular weight is 587 g/mol. The molecule has 0 aromatic heterocycles. The van der Waals surface area contributed by atoms with E-state index in [2.05, 4.69) is 22.0 Å². The molecule has 2 heterocycles. The van der Waals surface area contributed by atoms with Gasteiger partial charge in [0, 0.05) is 13.1 Å². The minimum Gasteiger partial charge on any atom is -0.497 e. The van der Waals surface area contributed by atoms with E-state index >= 15 is 0 Å². The largest absolute Gasteiger partial charge is 0.497 e. The monoisotopic (exact) mass is 586 g/mol. The first-order valence-corrected chi connectivity index (χ1v) is 14.5. The van der Waals surface area contributed by atoms with E-state index in [4.69, 9.17) is 14.2 Å². The van der Waals surface area contributed by atoms with Crippen LogP contribution in [0.1, 0.15) is 51.2 Å². The fraction of sp³-hybridized carbons (Fsp3) is 0.600. The van der Waals surface area contributed by atoms with Gasteiger partial charge in [0.2, 0.25) is 17.7 Å². The molecule has 0 bridgehead atoms. The number of aliphatic hydroxyl groups excluding tert-OH is 1. The molecule has 4 rings (SSSR count). The van der Waals surface area contributed by atoms with Crippen LogP contribution in [0.5, 0.6) is 5.75 Å². The minimum absolute atomic E-state index is 0.111. The summed E-state index contributed by atoms with van der Waals surface area (Å²) in [4.78, 5) is 54.8. The number of nitrogens with one attached hydrogen (secondary N) is 3. The van der Waals surface area contributed by atoms with Crippen molar-refractivity contribution in [2.24, 2.45) is 0 Å². The van der Waals surface area contributed by atoms with Crippen molar-refractivity contribution in [3.63, 3.8) is 0 Å². The topological polar surface area (TPSA) is 159 Å². The Bertz CT molecular complexity index is 1160. The number of ketones is 1. The van der Waals surface area contributed by atoms with Crippen LogP contribution >= 0.6 is 0 Å². The van der Waals surface area contributed by atoms with Crippen LogP contribution in [0.25, 0.3) is 0 Å². The summed E-state index contributed by atoms with van der Waals surface area (Å²) in [7, 11) is 1.51. The lowest BCUT2D eigenvalue weighted by molar-refractivity contribution is -0.136. The fourth-order valence-corrected chi connectivity index (χ4v) is 5.15. The molecular formula is C30H42N4O8. The number of amides is 3. The highest BCUT2D eigenvalue weighted by atomic mass is 16.6. The molecule has 1 aliphatic carbocycles. The second-order valence-corrected chi connectivity index (χ2v) is 11.3. The summed E-state index contributed by atoms with van der Waals surface area (Å²) in [6, 6.07) is 3.12. The zero-order valence-electron chi connectivity index (χ0n) is 24.5. The molecule has 4 N–H and O–H groups in total. The second kappa shape index (κ2) is 14.2. The number of epoxide rings is 1. The lowest BCUT2D eigenvalue weighted by Crippen LogP contribution is -2.58. The fourth-order valence-electron chi connectivity index (χ4n) is 5.15. The van der Waals surface area contributed by atoms with Gasteiger partial charge in [0.1, 0.15) is 29.5 Å². The van der Waals surface area contributed by atoms with Crippen molar-refractivity contribution >= 4 is 23.5 Å². The molecule has 0 spiro atoms. The highest BCUT2D eigenvalue weighted by Gasteiger charge is 2.50. The van der Waals surface area contributed by atoms with Crippen LogP contribution in [0.15, 0.2) is 35.9 Å². The van der Waals surface area contributed by atoms with Crippen molar-refractivity contribution in [1.29, 1.82) is 0 Å². The normalized spacial score (nSPS) is 23.1. The van der Waals surface area contributed by atoms with Gasteiger partial charge in [-0.2, -0.15) is 0 Å². The summed E-state index contributed by atoms with van der Waals surface area (Å²) < 4.78 is 15.9. The SMILES string of the molecule is COc1ccc(C(O)C(NC(=O)C(C)NC(=O)CN2CCOCC2)C(=O)NC(CC2=CCCC2)C(=O)[C@@]2(C)CO2)cc1. The van der Waals surface area contributed by atoms with Gasteiger partial charge in [0.25, 0.3) is 0 Å². The van der Waals surface area contributed by atoms with Crippen molar-refractivity contribution in [3.8, 4) is 5.75 Å². The molecule has 4 unspecified atom stereocenters. The van der Waals surface area contributed by atoms with E-state index in [0.717, 1.165) is 24.8 Å². The summed E-state index contributed by atoms with van der Waals surface area (Å²) in [5, 5.41) is 19.4. The molecule has 0 saturated carbocycles. The van der Waals surface area contributed by atoms with Crippen LogP contribution in [0.4, 0.5) is 0 Å². The third-order valence-electron chi connectivity index (χ3n) is 7.93. The lowest BCUT2D eigenvalue weighted by atomic mass is 9.93. The number of rotatable bonds is 14. The third-order valence-corrected chi connectivity index (χ3v) is 7.93. The van der Waals surface area contributed by atoms with E-state index in [9.17, 15) is 24.3 Å². The maximum absolute atomic E-state index is 13.7. The molecule has 2 aliphatic heterocycles. The smallest absolute Gasteiger partial charge is 0.246 e. The Morgan fingerprint density at radius 1 is 1.07 bits per heavy atom. The molecule has 3 amide bonds. The maximum Gasteiger partial charge on any atom is 0.246 e. The van der Waals surface area contributed by atoms with Gasteiger partial charge < -0.3 is 35.3 Å². The third kappa shape index (κ3) is 8.37. The standard InChI is InChI=1S/C30H42N4O8/c1-19(31-24(35)17-34-12-14-41-15-13-34)28(38)33-25(26(36)21-8-10-22(40-3)11-9-21)29(39)32-23(16-20-6-4-5-7-20)27(37)30(2)18-42-30/h6,8-11,19,23,25-26,36H,4-5,7,12-18H2,1-3H3,(H,31,35)(H,32,39)(H,33,38)/t19?,23?,25?,26?,30-/m1/s1. The predicted molar refractivity (Wildman–Crippen MR) is 153 cm³/mol. The summed E-state index contributed by atoms with van der Waals surface area (Å²) in [6.45, 7) is 5.88. The van der Waals surface area contributed by atoms with E-state index in [1.54, 1.807) is 31.2 Å². The molecule has 5 atom stereocenters. The van der Waals surface area contributed by atoms with Gasteiger partial charge in [-0.25, -0.2) is 0 Å². The lowest BCUT2D eigenvalue weighted by Gasteiger charge is -2.29. The van der Waals surface area contributed by atoms with Gasteiger partial charge in [-0.3, -0.25) is 24.1 Å². The van der Waals surface area contributed by atoms with Gasteiger partial charge in [-0.15, -0.1) is 0 Å². The zero-order valence-corrected chi connectivity index (χ0v) is 24.5. The number of aliphatic hydroxyl groups is 1. The van der Waals surface area contributed by atoms with Gasteiger partial charge in [-0.05, 0) is 57.2 Å². The number of hydrogen-bond acceptors (Lipinski definition) is 9. The summed E-state index contributed by atoms with van der Waals surface area (Å²) in [6.07, 6.45) is 3.70. The van der Waals surface area contributed by atoms with E-state index in [-0.39, 0.29) is 24.8 Å². The molecule has 3 aliphatic rings. The van der Waals surface area contributed by atoms with Crippen LogP contribution in [-0.2, 0) is 28.7 Å². The van der Waals surface area contributed by atoms with Crippen LogP contribution in [0.3, 0.4) is 0 Å². The van der Waals surface area contributed by atoms with Crippen LogP contribution in [0.2, 0.25) is 0 Å². The van der Waals surface area contributed by atoms with E-state index in [1.165, 1.54) is 14.0 Å². The van der Waals surface area contributed by atoms with Gasteiger partial charge >= 0.3 is 0 Å². The first kappa shape index (κ1) is 31.6. The maximum atomic E-state index is 13.7. The molecule has 42 heavy (non-hydrogen) atoms. The Morgan fingerprint density at radius 2 is 1.76 bits per heavy atom. The number of carbonyl (C=O) groups is 4. The highest BCUT2D eigenvalue weighted by Crippen LogP contribution is 2.31. The summed E-state index contributed by atoms with van der Waals surface area (Å²) in [5.74, 6) is -1.42. The number of ether oxygens (including phenoxy) is 3. The molecule has 12 heteroatoms. The van der Waals surface area contributed by atoms with Crippen molar-refractivity contribution in [3.05, 3.63) is 41.5 Å². The molecule has 2 fully saturated rings. The van der Waals surface area contributed by atoms with E-state index in [1.807, 2.05) is 4.90 Å². The molecule has 230 valence electrons. The molecule has 2 saturated heterocycles. The number of Topliss-reactive ketones (excluding diaryl/α,β-unsaturated/α-hetero) is 1. The first-order valence-electron chi connectivity index (χ1n) is 14.5. The number of morpholine rings is 1. The minimum atomic E-state index is -1.45. The van der Waals surface area contributed by atoms with Crippen molar-refractivity contribution in [2.75, 3.05) is 46.6 Å². The van der Waals surface area contributed by atoms with Crippen molar-refractivity contribution in [2.45, 2.75) is 69.4 Å². The average Bonchev–Trinajstić information content (AvgIpc) is 3.53. The van der Waals surface area contributed by atoms with Crippen molar-refractivity contribution < 1.29 is 38.5 Å². The van der Waals surface area contributed by atoms with Gasteiger partial charge in [0.15, 0.2) is 5.78 Å². The Kier molecular flexibility index (Phi) is 10.7. The summed E-state index contributed by atoms with van der Waals surface area (Å²) in [5.41, 5.74) is 0.467. The Labute approximate surface area is 246 Å². The summed E-state index contributed by atoms with van der Waals surface area (Å²) >= 11 is 0. The van der Waals surface area contributed by atoms with Crippen LogP contribution in [-0.4, -0.2) is 104 Å². The van der Waals surface area contributed by atoms with Gasteiger partial charge in [0.05, 0.1) is 39.5 Å². The number of methoxy groups -OCH3 is 1. The van der Waals surface area contributed by atoms with Crippen LogP contribution in [0, 0.1) is 0 Å². The zero-order chi connectivity index (χ0) is 30.3. The Hall–Kier alpha value is -3.32. The number of allylic oxidation sites excluding steroid dienone is 1. The Balaban J connectivity index is 1.48. The molecule has 12 nitrogen and oxygen atoms in total. The molecular weight excluding hydrogens is 544 g/mol. The molecule has 1 aromatic carbocycles. The van der Waals surface area contributed by atoms with Crippen LogP contribution < -0.4 is 20.7 Å². The van der Waals surface area contributed by atoms with Crippen molar-refractivity contribution in [1.82, 2.24) is 20.9 Å².